The smallest absolute Gasteiger partial charge is 0.255 e. The van der Waals surface area contributed by atoms with Crippen molar-refractivity contribution < 1.29 is 4.79 Å². The van der Waals surface area contributed by atoms with Crippen LogP contribution in [0.5, 0.6) is 0 Å². The third-order valence-corrected chi connectivity index (χ3v) is 5.12. The van der Waals surface area contributed by atoms with Crippen LogP contribution in [0.3, 0.4) is 0 Å². The van der Waals surface area contributed by atoms with Crippen LogP contribution >= 0.6 is 11.3 Å². The van der Waals surface area contributed by atoms with Gasteiger partial charge in [0.15, 0.2) is 0 Å². The van der Waals surface area contributed by atoms with Crippen LogP contribution in [0.25, 0.3) is 10.6 Å². The molecule has 4 rings (SSSR count). The van der Waals surface area contributed by atoms with Gasteiger partial charge in [-0.15, -0.1) is 11.3 Å². The molecule has 3 aromatic heterocycles. The van der Waals surface area contributed by atoms with Gasteiger partial charge in [-0.3, -0.25) is 9.89 Å². The Hall–Kier alpha value is -2.45. The Labute approximate surface area is 142 Å². The van der Waals surface area contributed by atoms with Crippen LogP contribution in [0.15, 0.2) is 29.9 Å². The zero-order chi connectivity index (χ0) is 16.4. The van der Waals surface area contributed by atoms with Crippen LogP contribution in [0.2, 0.25) is 0 Å². The molecule has 0 aromatic carbocycles. The van der Waals surface area contributed by atoms with Crippen LogP contribution in [-0.4, -0.2) is 39.2 Å². The molecule has 0 aliphatic carbocycles. The van der Waals surface area contributed by atoms with E-state index in [1.165, 1.54) is 0 Å². The van der Waals surface area contributed by atoms with Crippen molar-refractivity contribution in [2.45, 2.75) is 18.9 Å². The van der Waals surface area contributed by atoms with Gasteiger partial charge in [0.05, 0.1) is 40.8 Å². The number of hydrogen-bond donors (Lipinski definition) is 4. The van der Waals surface area contributed by atoms with E-state index in [4.69, 9.17) is 0 Å². The van der Waals surface area contributed by atoms with Gasteiger partial charge in [0, 0.05) is 12.5 Å². The van der Waals surface area contributed by atoms with Crippen LogP contribution in [-0.2, 0) is 6.54 Å². The number of carbonyl (C=O) groups is 1. The minimum absolute atomic E-state index is 0.125. The second-order valence-electron chi connectivity index (χ2n) is 5.79. The molecule has 0 bridgehead atoms. The van der Waals surface area contributed by atoms with Gasteiger partial charge in [0.1, 0.15) is 5.82 Å². The highest BCUT2D eigenvalue weighted by Crippen LogP contribution is 2.24. The van der Waals surface area contributed by atoms with Crippen LogP contribution in [0.4, 0.5) is 0 Å². The van der Waals surface area contributed by atoms with E-state index in [2.05, 4.69) is 30.8 Å². The van der Waals surface area contributed by atoms with Crippen LogP contribution < -0.4 is 10.6 Å². The van der Waals surface area contributed by atoms with E-state index in [1.54, 1.807) is 23.7 Å². The average molecular weight is 342 g/mol. The SMILES string of the molecule is O=C(NCc1ncc(-c2cccs2)[nH]1)c1cn[nH]c1C1CCNC1. The molecule has 24 heavy (non-hydrogen) atoms. The first kappa shape index (κ1) is 15.1. The van der Waals surface area contributed by atoms with E-state index in [-0.39, 0.29) is 5.91 Å². The molecule has 0 saturated carbocycles. The third kappa shape index (κ3) is 2.98. The molecule has 0 spiro atoms. The first-order chi connectivity index (χ1) is 11.8. The summed E-state index contributed by atoms with van der Waals surface area (Å²) in [5.41, 5.74) is 2.50. The van der Waals surface area contributed by atoms with Crippen molar-refractivity contribution in [3.8, 4) is 10.6 Å². The van der Waals surface area contributed by atoms with Gasteiger partial charge < -0.3 is 15.6 Å². The standard InChI is InChI=1S/C16H18N6OS/c23-16(11-7-20-22-15(11)10-3-4-17-6-10)19-9-14-18-8-12(21-14)13-2-1-5-24-13/h1-2,5,7-8,10,17H,3-4,6,9H2,(H,18,21)(H,19,23)(H,20,22). The molecule has 1 atom stereocenters. The Bertz CT molecular complexity index is 815. The first-order valence-corrected chi connectivity index (χ1v) is 8.79. The summed E-state index contributed by atoms with van der Waals surface area (Å²) < 4.78 is 0. The molecule has 7 nitrogen and oxygen atoms in total. The molecule has 3 aromatic rings. The number of hydrogen-bond acceptors (Lipinski definition) is 5. The van der Waals surface area contributed by atoms with Gasteiger partial charge in [-0.1, -0.05) is 6.07 Å². The van der Waals surface area contributed by atoms with Crippen molar-refractivity contribution in [1.82, 2.24) is 30.8 Å². The maximum Gasteiger partial charge on any atom is 0.255 e. The van der Waals surface area contributed by atoms with Crippen molar-refractivity contribution in [2.24, 2.45) is 0 Å². The number of rotatable bonds is 5. The Kier molecular flexibility index (Phi) is 4.14. The molecule has 1 unspecified atom stereocenters. The van der Waals surface area contributed by atoms with Crippen molar-refractivity contribution in [3.63, 3.8) is 0 Å². The number of H-pyrrole nitrogens is 2. The number of aromatic nitrogens is 4. The highest BCUT2D eigenvalue weighted by atomic mass is 32.1. The van der Waals surface area contributed by atoms with Crippen LogP contribution in [0.1, 0.15) is 34.2 Å². The second-order valence-corrected chi connectivity index (χ2v) is 6.74. The highest BCUT2D eigenvalue weighted by molar-refractivity contribution is 7.13. The summed E-state index contributed by atoms with van der Waals surface area (Å²) in [5, 5.41) is 15.3. The zero-order valence-electron chi connectivity index (χ0n) is 13.0. The summed E-state index contributed by atoms with van der Waals surface area (Å²) in [6.45, 7) is 2.21. The topological polar surface area (TPSA) is 98.5 Å². The van der Waals surface area contributed by atoms with E-state index in [0.717, 1.165) is 41.6 Å². The predicted molar refractivity (Wildman–Crippen MR) is 91.9 cm³/mol. The number of nitrogens with zero attached hydrogens (tertiary/aromatic N) is 2. The molecule has 1 aliphatic rings. The average Bonchev–Trinajstić information content (AvgIpc) is 3.40. The molecule has 1 amide bonds. The van der Waals surface area contributed by atoms with Crippen molar-refractivity contribution in [1.29, 1.82) is 0 Å². The highest BCUT2D eigenvalue weighted by Gasteiger charge is 2.24. The van der Waals surface area contributed by atoms with Crippen molar-refractivity contribution in [3.05, 3.63) is 47.0 Å². The number of amides is 1. The lowest BCUT2D eigenvalue weighted by atomic mass is 10.0. The van der Waals surface area contributed by atoms with Crippen molar-refractivity contribution >= 4 is 17.2 Å². The minimum atomic E-state index is -0.125. The van der Waals surface area contributed by atoms with E-state index in [1.807, 2.05) is 17.5 Å². The normalized spacial score (nSPS) is 17.2. The van der Waals surface area contributed by atoms with Gasteiger partial charge in [-0.25, -0.2) is 4.98 Å². The van der Waals surface area contributed by atoms with E-state index in [0.29, 0.717) is 18.0 Å². The Morgan fingerprint density at radius 2 is 2.38 bits per heavy atom. The number of aromatic amines is 2. The molecule has 4 heterocycles. The fourth-order valence-electron chi connectivity index (χ4n) is 2.96. The van der Waals surface area contributed by atoms with Gasteiger partial charge in [-0.05, 0) is 24.4 Å². The summed E-state index contributed by atoms with van der Waals surface area (Å²) >= 11 is 1.65. The van der Waals surface area contributed by atoms with Gasteiger partial charge in [-0.2, -0.15) is 5.10 Å². The second kappa shape index (κ2) is 6.58. The number of nitrogens with one attached hydrogen (secondary N) is 4. The third-order valence-electron chi connectivity index (χ3n) is 4.21. The molecular weight excluding hydrogens is 324 g/mol. The lowest BCUT2D eigenvalue weighted by molar-refractivity contribution is 0.0948. The summed E-state index contributed by atoms with van der Waals surface area (Å²) in [5.74, 6) is 0.932. The van der Waals surface area contributed by atoms with Gasteiger partial charge in [0.25, 0.3) is 5.91 Å². The fourth-order valence-corrected chi connectivity index (χ4v) is 3.65. The van der Waals surface area contributed by atoms with Crippen molar-refractivity contribution in [2.75, 3.05) is 13.1 Å². The Balaban J connectivity index is 1.41. The number of thiophene rings is 1. The molecule has 1 fully saturated rings. The van der Waals surface area contributed by atoms with E-state index in [9.17, 15) is 4.79 Å². The maximum atomic E-state index is 12.5. The maximum absolute atomic E-state index is 12.5. The summed E-state index contributed by atoms with van der Waals surface area (Å²) in [6, 6.07) is 4.04. The zero-order valence-corrected chi connectivity index (χ0v) is 13.8. The quantitative estimate of drug-likeness (QED) is 0.569. The lowest BCUT2D eigenvalue weighted by Crippen LogP contribution is -2.24. The molecule has 124 valence electrons. The summed E-state index contributed by atoms with van der Waals surface area (Å²) in [7, 11) is 0. The van der Waals surface area contributed by atoms with E-state index < -0.39 is 0 Å². The number of carbonyl (C=O) groups excluding carboxylic acids is 1. The molecule has 4 N–H and O–H groups in total. The molecule has 8 heteroatoms. The first-order valence-electron chi connectivity index (χ1n) is 7.91. The largest absolute Gasteiger partial charge is 0.345 e. The Morgan fingerprint density at radius 1 is 1.42 bits per heavy atom. The monoisotopic (exact) mass is 342 g/mol. The van der Waals surface area contributed by atoms with Crippen LogP contribution in [0, 0.1) is 0 Å². The molecular formula is C16H18N6OS. The number of imidazole rings is 1. The van der Waals surface area contributed by atoms with Gasteiger partial charge in [0.2, 0.25) is 0 Å². The van der Waals surface area contributed by atoms with Gasteiger partial charge >= 0.3 is 0 Å². The Morgan fingerprint density at radius 3 is 3.17 bits per heavy atom. The molecule has 1 aliphatic heterocycles. The van der Waals surface area contributed by atoms with E-state index >= 15 is 0 Å². The lowest BCUT2D eigenvalue weighted by Gasteiger charge is -2.09. The fraction of sp³-hybridized carbons (Fsp3) is 0.312. The summed E-state index contributed by atoms with van der Waals surface area (Å²) in [4.78, 5) is 21.2. The molecule has 0 radical (unpaired) electrons. The minimum Gasteiger partial charge on any atom is -0.345 e. The predicted octanol–water partition coefficient (Wildman–Crippen LogP) is 1.87. The summed E-state index contributed by atoms with van der Waals surface area (Å²) in [6.07, 6.45) is 4.41. The molecule has 1 saturated heterocycles.